The summed E-state index contributed by atoms with van der Waals surface area (Å²) in [4.78, 5) is 11.3. The van der Waals surface area contributed by atoms with Crippen LogP contribution in [0.2, 0.25) is 0 Å². The van der Waals surface area contributed by atoms with Crippen molar-refractivity contribution in [1.82, 2.24) is 10.6 Å². The third-order valence-corrected chi connectivity index (χ3v) is 2.25. The van der Waals surface area contributed by atoms with E-state index in [0.717, 1.165) is 12.1 Å². The summed E-state index contributed by atoms with van der Waals surface area (Å²) in [7, 11) is 1.75. The summed E-state index contributed by atoms with van der Waals surface area (Å²) in [5.41, 5.74) is -0.752. The number of hydrogen-bond donors (Lipinski definition) is 2. The largest absolute Gasteiger partial charge is 0.484 e. The fourth-order valence-corrected chi connectivity index (χ4v) is 1.27. The quantitative estimate of drug-likeness (QED) is 0.788. The Labute approximate surface area is 121 Å². The number of benzene rings is 1. The summed E-state index contributed by atoms with van der Waals surface area (Å²) in [5, 5.41) is 5.44. The van der Waals surface area contributed by atoms with Crippen LogP contribution in [-0.2, 0) is 11.0 Å². The summed E-state index contributed by atoms with van der Waals surface area (Å²) in [5.74, 6) is -0.105. The number of amides is 1. The van der Waals surface area contributed by atoms with Crippen molar-refractivity contribution in [2.45, 2.75) is 6.18 Å². The van der Waals surface area contributed by atoms with Crippen molar-refractivity contribution in [2.75, 3.05) is 26.7 Å². The number of ether oxygens (including phenoxy) is 1. The number of likely N-dealkylation sites (N-methyl/N-ethyl adjacent to an activating group) is 1. The SMILES string of the molecule is CNCCNC(=O)COc1ccc(C(F)(F)F)cc1.Cl. The van der Waals surface area contributed by atoms with E-state index >= 15 is 0 Å². The Morgan fingerprint density at radius 1 is 1.20 bits per heavy atom. The maximum absolute atomic E-state index is 12.3. The molecule has 0 saturated carbocycles. The van der Waals surface area contributed by atoms with Gasteiger partial charge in [0.15, 0.2) is 6.61 Å². The van der Waals surface area contributed by atoms with E-state index in [4.69, 9.17) is 4.74 Å². The summed E-state index contributed by atoms with van der Waals surface area (Å²) >= 11 is 0. The fraction of sp³-hybridized carbons (Fsp3) is 0.417. The lowest BCUT2D eigenvalue weighted by Crippen LogP contribution is -2.33. The van der Waals surface area contributed by atoms with Crippen LogP contribution in [0.3, 0.4) is 0 Å². The van der Waals surface area contributed by atoms with E-state index in [1.165, 1.54) is 12.1 Å². The number of nitrogens with one attached hydrogen (secondary N) is 2. The molecule has 0 spiro atoms. The molecular weight excluding hydrogens is 297 g/mol. The Kier molecular flexibility index (Phi) is 8.02. The molecule has 8 heteroatoms. The molecule has 0 aromatic heterocycles. The van der Waals surface area contributed by atoms with Gasteiger partial charge in [0.2, 0.25) is 0 Å². The lowest BCUT2D eigenvalue weighted by atomic mass is 10.2. The molecule has 0 saturated heterocycles. The maximum atomic E-state index is 12.3. The number of carbonyl (C=O) groups is 1. The lowest BCUT2D eigenvalue weighted by molar-refractivity contribution is -0.137. The van der Waals surface area contributed by atoms with Crippen molar-refractivity contribution in [2.24, 2.45) is 0 Å². The van der Waals surface area contributed by atoms with Gasteiger partial charge in [-0.2, -0.15) is 13.2 Å². The van der Waals surface area contributed by atoms with Crippen molar-refractivity contribution in [3.63, 3.8) is 0 Å². The zero-order valence-electron chi connectivity index (χ0n) is 10.8. The number of halogens is 4. The highest BCUT2D eigenvalue weighted by Gasteiger charge is 2.29. The summed E-state index contributed by atoms with van der Waals surface area (Å²) in [6.45, 7) is 0.868. The minimum Gasteiger partial charge on any atom is -0.484 e. The highest BCUT2D eigenvalue weighted by molar-refractivity contribution is 5.85. The predicted octanol–water partition coefficient (Wildman–Crippen LogP) is 1.84. The van der Waals surface area contributed by atoms with Gasteiger partial charge in [0, 0.05) is 13.1 Å². The first-order valence-corrected chi connectivity index (χ1v) is 5.65. The Balaban J connectivity index is 0.00000361. The number of hydrogen-bond acceptors (Lipinski definition) is 3. The number of carbonyl (C=O) groups excluding carboxylic acids is 1. The van der Waals surface area contributed by atoms with Gasteiger partial charge in [-0.3, -0.25) is 4.79 Å². The van der Waals surface area contributed by atoms with Crippen LogP contribution in [-0.4, -0.2) is 32.7 Å². The molecular formula is C12H16ClF3N2O2. The molecule has 2 N–H and O–H groups in total. The van der Waals surface area contributed by atoms with E-state index in [2.05, 4.69) is 10.6 Å². The molecule has 1 aromatic rings. The molecule has 20 heavy (non-hydrogen) atoms. The molecule has 0 aliphatic heterocycles. The molecule has 0 heterocycles. The third-order valence-electron chi connectivity index (χ3n) is 2.25. The molecule has 1 aromatic carbocycles. The highest BCUT2D eigenvalue weighted by atomic mass is 35.5. The normalized spacial score (nSPS) is 10.6. The fourth-order valence-electron chi connectivity index (χ4n) is 1.27. The van der Waals surface area contributed by atoms with Crippen LogP contribution >= 0.6 is 12.4 Å². The van der Waals surface area contributed by atoms with Crippen LogP contribution < -0.4 is 15.4 Å². The second-order valence-electron chi connectivity index (χ2n) is 3.76. The molecule has 1 rings (SSSR count). The zero-order valence-corrected chi connectivity index (χ0v) is 11.6. The number of rotatable bonds is 6. The van der Waals surface area contributed by atoms with E-state index in [9.17, 15) is 18.0 Å². The average molecular weight is 313 g/mol. The molecule has 0 radical (unpaired) electrons. The van der Waals surface area contributed by atoms with E-state index in [-0.39, 0.29) is 30.7 Å². The maximum Gasteiger partial charge on any atom is 0.416 e. The third kappa shape index (κ3) is 6.63. The summed E-state index contributed by atoms with van der Waals surface area (Å²) in [6, 6.07) is 4.19. The van der Waals surface area contributed by atoms with Crippen molar-refractivity contribution in [3.05, 3.63) is 29.8 Å². The predicted molar refractivity (Wildman–Crippen MR) is 71.1 cm³/mol. The Morgan fingerprint density at radius 2 is 1.80 bits per heavy atom. The van der Waals surface area contributed by atoms with Crippen LogP contribution in [0.5, 0.6) is 5.75 Å². The topological polar surface area (TPSA) is 50.4 Å². The van der Waals surface area contributed by atoms with Crippen molar-refractivity contribution >= 4 is 18.3 Å². The minimum atomic E-state index is -4.37. The first-order valence-electron chi connectivity index (χ1n) is 5.65. The van der Waals surface area contributed by atoms with Crippen LogP contribution in [0.15, 0.2) is 24.3 Å². The summed E-state index contributed by atoms with van der Waals surface area (Å²) < 4.78 is 42.0. The molecule has 114 valence electrons. The monoisotopic (exact) mass is 312 g/mol. The lowest BCUT2D eigenvalue weighted by Gasteiger charge is -2.09. The second-order valence-corrected chi connectivity index (χ2v) is 3.76. The minimum absolute atomic E-state index is 0. The molecule has 0 unspecified atom stereocenters. The van der Waals surface area contributed by atoms with Gasteiger partial charge in [-0.15, -0.1) is 12.4 Å². The first-order chi connectivity index (χ1) is 8.93. The van der Waals surface area contributed by atoms with E-state index in [0.29, 0.717) is 13.1 Å². The molecule has 0 aliphatic rings. The van der Waals surface area contributed by atoms with E-state index in [1.807, 2.05) is 0 Å². The van der Waals surface area contributed by atoms with Crippen molar-refractivity contribution < 1.29 is 22.7 Å². The average Bonchev–Trinajstić information content (AvgIpc) is 2.36. The molecule has 0 bridgehead atoms. The van der Waals surface area contributed by atoms with Crippen molar-refractivity contribution in [3.8, 4) is 5.75 Å². The standard InChI is InChI=1S/C12H15F3N2O2.ClH/c1-16-6-7-17-11(18)8-19-10-4-2-9(3-5-10)12(13,14)15;/h2-5,16H,6-8H2,1H3,(H,17,18);1H. The van der Waals surface area contributed by atoms with E-state index < -0.39 is 11.7 Å². The molecule has 0 aliphatic carbocycles. The van der Waals surface area contributed by atoms with Gasteiger partial charge in [0.1, 0.15) is 5.75 Å². The highest BCUT2D eigenvalue weighted by Crippen LogP contribution is 2.30. The molecule has 4 nitrogen and oxygen atoms in total. The van der Waals surface area contributed by atoms with Gasteiger partial charge in [-0.1, -0.05) is 0 Å². The van der Waals surface area contributed by atoms with Gasteiger partial charge < -0.3 is 15.4 Å². The van der Waals surface area contributed by atoms with Gasteiger partial charge in [-0.05, 0) is 31.3 Å². The van der Waals surface area contributed by atoms with Crippen LogP contribution in [0.25, 0.3) is 0 Å². The molecule has 1 amide bonds. The van der Waals surface area contributed by atoms with Gasteiger partial charge in [-0.25, -0.2) is 0 Å². The summed E-state index contributed by atoms with van der Waals surface area (Å²) in [6.07, 6.45) is -4.37. The van der Waals surface area contributed by atoms with E-state index in [1.54, 1.807) is 7.05 Å². The Morgan fingerprint density at radius 3 is 2.30 bits per heavy atom. The van der Waals surface area contributed by atoms with Crippen LogP contribution in [0, 0.1) is 0 Å². The zero-order chi connectivity index (χ0) is 14.3. The smallest absolute Gasteiger partial charge is 0.416 e. The Hall–Kier alpha value is -1.47. The van der Waals surface area contributed by atoms with Crippen LogP contribution in [0.1, 0.15) is 5.56 Å². The Bertz CT molecular complexity index is 410. The van der Waals surface area contributed by atoms with Gasteiger partial charge in [0.25, 0.3) is 5.91 Å². The number of alkyl halides is 3. The van der Waals surface area contributed by atoms with Gasteiger partial charge in [0.05, 0.1) is 5.56 Å². The van der Waals surface area contributed by atoms with Crippen molar-refractivity contribution in [1.29, 1.82) is 0 Å². The first kappa shape index (κ1) is 18.5. The van der Waals surface area contributed by atoms with Crippen LogP contribution in [0.4, 0.5) is 13.2 Å². The second kappa shape index (κ2) is 8.65. The molecule has 0 fully saturated rings. The van der Waals surface area contributed by atoms with Gasteiger partial charge >= 0.3 is 6.18 Å². The molecule has 0 atom stereocenters.